The average Bonchev–Trinajstić information content (AvgIpc) is 2.56. The van der Waals surface area contributed by atoms with Crippen molar-refractivity contribution in [2.75, 3.05) is 39.3 Å². The Labute approximate surface area is 129 Å². The summed E-state index contributed by atoms with van der Waals surface area (Å²) in [5.41, 5.74) is 2.91. The maximum absolute atomic E-state index is 3.57. The van der Waals surface area contributed by atoms with Gasteiger partial charge in [0.1, 0.15) is 0 Å². The fourth-order valence-corrected chi connectivity index (χ4v) is 3.68. The number of nitrogens with zero attached hydrogens (tertiary/aromatic N) is 1. The summed E-state index contributed by atoms with van der Waals surface area (Å²) < 4.78 is 0. The predicted octanol–water partition coefficient (Wildman–Crippen LogP) is 2.19. The van der Waals surface area contributed by atoms with Crippen LogP contribution in [0.15, 0.2) is 24.3 Å². The number of nitrogens with one attached hydrogen (secondary N) is 2. The highest BCUT2D eigenvalue weighted by atomic mass is 15.2. The SMILES string of the molecule is CCc1ccc(C2CNCCN2CC2CCCNC2)cc1. The molecule has 0 radical (unpaired) electrons. The Bertz CT molecular complexity index is 423. The van der Waals surface area contributed by atoms with E-state index in [-0.39, 0.29) is 0 Å². The summed E-state index contributed by atoms with van der Waals surface area (Å²) in [4.78, 5) is 2.70. The van der Waals surface area contributed by atoms with Crippen molar-refractivity contribution in [3.8, 4) is 0 Å². The Morgan fingerprint density at radius 2 is 1.90 bits per heavy atom. The van der Waals surface area contributed by atoms with Crippen molar-refractivity contribution in [1.82, 2.24) is 15.5 Å². The van der Waals surface area contributed by atoms with Crippen molar-refractivity contribution in [3.05, 3.63) is 35.4 Å². The Kier molecular flexibility index (Phi) is 5.28. The van der Waals surface area contributed by atoms with E-state index in [0.717, 1.165) is 25.4 Å². The van der Waals surface area contributed by atoms with E-state index in [4.69, 9.17) is 0 Å². The van der Waals surface area contributed by atoms with Gasteiger partial charge in [-0.2, -0.15) is 0 Å². The van der Waals surface area contributed by atoms with Crippen molar-refractivity contribution < 1.29 is 0 Å². The Balaban J connectivity index is 1.67. The number of rotatable bonds is 4. The molecule has 2 unspecified atom stereocenters. The molecule has 2 saturated heterocycles. The minimum absolute atomic E-state index is 0.548. The van der Waals surface area contributed by atoms with Crippen LogP contribution in [0.3, 0.4) is 0 Å². The average molecular weight is 287 g/mol. The quantitative estimate of drug-likeness (QED) is 0.889. The summed E-state index contributed by atoms with van der Waals surface area (Å²) in [5.74, 6) is 0.828. The van der Waals surface area contributed by atoms with Crippen LogP contribution in [-0.2, 0) is 6.42 Å². The van der Waals surface area contributed by atoms with Gasteiger partial charge < -0.3 is 10.6 Å². The fourth-order valence-electron chi connectivity index (χ4n) is 3.68. The molecule has 0 aliphatic carbocycles. The number of piperazine rings is 1. The van der Waals surface area contributed by atoms with E-state index in [0.29, 0.717) is 6.04 Å². The van der Waals surface area contributed by atoms with Crippen LogP contribution < -0.4 is 10.6 Å². The van der Waals surface area contributed by atoms with Gasteiger partial charge in [-0.15, -0.1) is 0 Å². The van der Waals surface area contributed by atoms with Gasteiger partial charge in [0, 0.05) is 32.2 Å². The van der Waals surface area contributed by atoms with Crippen LogP contribution in [0.4, 0.5) is 0 Å². The standard InChI is InChI=1S/C18H29N3/c1-2-15-5-7-17(8-6-15)18-13-20-10-11-21(18)14-16-4-3-9-19-12-16/h5-8,16,18-20H,2-4,9-14H2,1H3. The van der Waals surface area contributed by atoms with Gasteiger partial charge in [-0.1, -0.05) is 31.2 Å². The van der Waals surface area contributed by atoms with E-state index >= 15 is 0 Å². The molecule has 3 nitrogen and oxygen atoms in total. The minimum Gasteiger partial charge on any atom is -0.316 e. The van der Waals surface area contributed by atoms with Crippen molar-refractivity contribution >= 4 is 0 Å². The zero-order chi connectivity index (χ0) is 14.5. The second kappa shape index (κ2) is 7.39. The normalized spacial score (nSPS) is 27.7. The molecule has 0 bridgehead atoms. The molecule has 1 aromatic rings. The molecule has 21 heavy (non-hydrogen) atoms. The predicted molar refractivity (Wildman–Crippen MR) is 88.6 cm³/mol. The van der Waals surface area contributed by atoms with Crippen LogP contribution in [-0.4, -0.2) is 44.2 Å². The van der Waals surface area contributed by atoms with Gasteiger partial charge in [0.15, 0.2) is 0 Å². The smallest absolute Gasteiger partial charge is 0.0473 e. The first-order valence-corrected chi connectivity index (χ1v) is 8.61. The lowest BCUT2D eigenvalue weighted by molar-refractivity contribution is 0.127. The second-order valence-electron chi connectivity index (χ2n) is 6.52. The molecule has 2 aliphatic heterocycles. The summed E-state index contributed by atoms with van der Waals surface area (Å²) in [6.45, 7) is 9.27. The monoisotopic (exact) mass is 287 g/mol. The van der Waals surface area contributed by atoms with Crippen LogP contribution in [0.5, 0.6) is 0 Å². The van der Waals surface area contributed by atoms with Gasteiger partial charge in [0.2, 0.25) is 0 Å². The highest BCUT2D eigenvalue weighted by Gasteiger charge is 2.26. The zero-order valence-electron chi connectivity index (χ0n) is 13.3. The third-order valence-electron chi connectivity index (χ3n) is 5.02. The second-order valence-corrected chi connectivity index (χ2v) is 6.52. The Hall–Kier alpha value is -0.900. The van der Waals surface area contributed by atoms with Crippen molar-refractivity contribution in [2.45, 2.75) is 32.2 Å². The molecule has 0 amide bonds. The highest BCUT2D eigenvalue weighted by molar-refractivity contribution is 5.25. The maximum atomic E-state index is 3.57. The molecule has 2 atom stereocenters. The lowest BCUT2D eigenvalue weighted by Gasteiger charge is -2.39. The first kappa shape index (κ1) is 15.0. The lowest BCUT2D eigenvalue weighted by Crippen LogP contribution is -2.49. The van der Waals surface area contributed by atoms with E-state index in [2.05, 4.69) is 46.7 Å². The van der Waals surface area contributed by atoms with Crippen LogP contribution in [0.25, 0.3) is 0 Å². The van der Waals surface area contributed by atoms with Crippen LogP contribution in [0.2, 0.25) is 0 Å². The molecule has 2 N–H and O–H groups in total. The molecule has 116 valence electrons. The van der Waals surface area contributed by atoms with Crippen LogP contribution in [0.1, 0.15) is 36.9 Å². The van der Waals surface area contributed by atoms with Gasteiger partial charge >= 0.3 is 0 Å². The summed E-state index contributed by atoms with van der Waals surface area (Å²) in [7, 11) is 0. The van der Waals surface area contributed by atoms with Gasteiger partial charge in [-0.3, -0.25) is 4.90 Å². The Morgan fingerprint density at radius 1 is 1.10 bits per heavy atom. The summed E-state index contributed by atoms with van der Waals surface area (Å²) >= 11 is 0. The molecule has 0 spiro atoms. The fraction of sp³-hybridized carbons (Fsp3) is 0.667. The molecule has 1 aromatic carbocycles. The highest BCUT2D eigenvalue weighted by Crippen LogP contribution is 2.25. The first-order chi connectivity index (χ1) is 10.4. The molecule has 2 fully saturated rings. The molecule has 0 saturated carbocycles. The van der Waals surface area contributed by atoms with E-state index < -0.39 is 0 Å². The molecular formula is C18H29N3. The van der Waals surface area contributed by atoms with E-state index in [1.807, 2.05) is 0 Å². The summed E-state index contributed by atoms with van der Waals surface area (Å²) in [5, 5.41) is 7.12. The first-order valence-electron chi connectivity index (χ1n) is 8.61. The van der Waals surface area contributed by atoms with Crippen molar-refractivity contribution in [3.63, 3.8) is 0 Å². The van der Waals surface area contributed by atoms with Gasteiger partial charge in [-0.05, 0) is 49.4 Å². The van der Waals surface area contributed by atoms with Gasteiger partial charge in [0.25, 0.3) is 0 Å². The van der Waals surface area contributed by atoms with Gasteiger partial charge in [0.05, 0.1) is 0 Å². The number of piperidine rings is 1. The van der Waals surface area contributed by atoms with E-state index in [1.165, 1.54) is 50.1 Å². The molecular weight excluding hydrogens is 258 g/mol. The van der Waals surface area contributed by atoms with Gasteiger partial charge in [-0.25, -0.2) is 0 Å². The summed E-state index contributed by atoms with van der Waals surface area (Å²) in [6, 6.07) is 9.81. The lowest BCUT2D eigenvalue weighted by atomic mass is 9.95. The summed E-state index contributed by atoms with van der Waals surface area (Å²) in [6.07, 6.45) is 3.85. The largest absolute Gasteiger partial charge is 0.316 e. The van der Waals surface area contributed by atoms with E-state index in [9.17, 15) is 0 Å². The Morgan fingerprint density at radius 3 is 2.62 bits per heavy atom. The minimum atomic E-state index is 0.548. The maximum Gasteiger partial charge on any atom is 0.0473 e. The number of benzene rings is 1. The topological polar surface area (TPSA) is 27.3 Å². The zero-order valence-corrected chi connectivity index (χ0v) is 13.3. The molecule has 3 rings (SSSR count). The number of hydrogen-bond acceptors (Lipinski definition) is 3. The van der Waals surface area contributed by atoms with Crippen LogP contribution >= 0.6 is 0 Å². The third-order valence-corrected chi connectivity index (χ3v) is 5.02. The molecule has 3 heteroatoms. The van der Waals surface area contributed by atoms with Crippen molar-refractivity contribution in [2.24, 2.45) is 5.92 Å². The molecule has 2 heterocycles. The van der Waals surface area contributed by atoms with Crippen LogP contribution in [0, 0.1) is 5.92 Å². The molecule has 0 aromatic heterocycles. The third kappa shape index (κ3) is 3.85. The molecule has 2 aliphatic rings. The van der Waals surface area contributed by atoms with E-state index in [1.54, 1.807) is 0 Å². The number of hydrogen-bond donors (Lipinski definition) is 2. The van der Waals surface area contributed by atoms with Crippen molar-refractivity contribution in [1.29, 1.82) is 0 Å². The number of aryl methyl sites for hydroxylation is 1.